The van der Waals surface area contributed by atoms with Gasteiger partial charge in [-0.25, -0.2) is 9.59 Å². The van der Waals surface area contributed by atoms with E-state index in [2.05, 4.69) is 39.9 Å². The van der Waals surface area contributed by atoms with Crippen LogP contribution in [0.4, 0.5) is 32.3 Å². The molecule has 4 amide bonds. The van der Waals surface area contributed by atoms with Crippen LogP contribution in [0, 0.1) is 67.6 Å². The van der Waals surface area contributed by atoms with E-state index < -0.39 is 45.3 Å². The number of unbranched alkanes of at least 4 members (excludes halogenated alkanes) is 4. The van der Waals surface area contributed by atoms with Gasteiger partial charge in [-0.2, -0.15) is 0 Å². The van der Waals surface area contributed by atoms with Gasteiger partial charge in [0.15, 0.2) is 11.6 Å². The molecule has 500 valence electrons. The van der Waals surface area contributed by atoms with Gasteiger partial charge in [0, 0.05) is 83.8 Å². The summed E-state index contributed by atoms with van der Waals surface area (Å²) < 4.78 is 14.6. The van der Waals surface area contributed by atoms with E-state index in [9.17, 15) is 63.7 Å². The molecule has 4 aromatic carbocycles. The topological polar surface area (TPSA) is 319 Å². The molecule has 0 radical (unpaired) electrons. The average Bonchev–Trinajstić information content (AvgIpc) is 3.22. The number of carbonyl (C=O) groups is 8. The zero-order valence-corrected chi connectivity index (χ0v) is 55.5. The maximum atomic E-state index is 13.5. The first-order valence-electron chi connectivity index (χ1n) is 31.3. The second-order valence-corrected chi connectivity index (χ2v) is 24.5. The number of amides is 4. The Labute approximate surface area is 540 Å². The number of non-ortho nitro benzene ring substituents is 2. The molecule has 5 N–H and O–H groups in total. The third kappa shape index (κ3) is 31.5. The molecule has 0 fully saturated rings. The van der Waals surface area contributed by atoms with E-state index in [-0.39, 0.29) is 120 Å². The van der Waals surface area contributed by atoms with Crippen molar-refractivity contribution < 1.29 is 67.5 Å². The Morgan fingerprint density at radius 3 is 1.19 bits per heavy atom. The van der Waals surface area contributed by atoms with Crippen molar-refractivity contribution in [2.45, 2.75) is 185 Å². The number of aliphatic hydroxyl groups excluding tert-OH is 1. The lowest BCUT2D eigenvalue weighted by Gasteiger charge is -2.25. The number of benzene rings is 4. The molecule has 4 aromatic rings. The van der Waals surface area contributed by atoms with Crippen molar-refractivity contribution in [3.8, 4) is 11.5 Å². The van der Waals surface area contributed by atoms with Gasteiger partial charge in [-0.05, 0) is 109 Å². The molecule has 23 heteroatoms. The van der Waals surface area contributed by atoms with Crippen molar-refractivity contribution in [2.24, 2.45) is 47.3 Å². The largest absolute Gasteiger partial charge is 0.514 e. The van der Waals surface area contributed by atoms with Crippen molar-refractivity contribution >= 4 is 81.1 Å². The van der Waals surface area contributed by atoms with Crippen LogP contribution in [0.1, 0.15) is 171 Å². The number of hydrogen-bond donors (Lipinski definition) is 5. The summed E-state index contributed by atoms with van der Waals surface area (Å²) in [5, 5.41) is 41.9. The molecule has 0 aromatic heterocycles. The van der Waals surface area contributed by atoms with Gasteiger partial charge >= 0.3 is 11.6 Å². The maximum Gasteiger partial charge on any atom is 0.514 e. The molecule has 91 heavy (non-hydrogen) atoms. The Morgan fingerprint density at radius 1 is 0.505 bits per heavy atom. The monoisotopic (exact) mass is 1290 g/mol. The number of ether oxygens (including phenoxy) is 3. The van der Waals surface area contributed by atoms with Crippen LogP contribution < -0.4 is 30.7 Å². The maximum absolute atomic E-state index is 13.5. The molecule has 0 aliphatic carbocycles. The Hall–Kier alpha value is -8.11. The third-order valence-corrected chi connectivity index (χ3v) is 15.2. The Balaban J connectivity index is 0.000000532. The number of nitrogens with one attached hydrogen (secondary N) is 4. The number of nitro groups is 2. The van der Waals surface area contributed by atoms with E-state index in [1.807, 2.05) is 69.2 Å². The van der Waals surface area contributed by atoms with E-state index in [4.69, 9.17) is 21.1 Å². The van der Waals surface area contributed by atoms with Crippen molar-refractivity contribution in [3.63, 3.8) is 0 Å². The summed E-state index contributed by atoms with van der Waals surface area (Å²) in [6, 6.07) is 22.6. The van der Waals surface area contributed by atoms with Gasteiger partial charge in [0.05, 0.1) is 28.5 Å². The molecule has 4 rings (SSSR count). The van der Waals surface area contributed by atoms with Gasteiger partial charge in [-0.3, -0.25) is 49.0 Å². The van der Waals surface area contributed by atoms with Crippen LogP contribution in [0.2, 0.25) is 0 Å². The zero-order chi connectivity index (χ0) is 68.3. The highest BCUT2D eigenvalue weighted by atomic mass is 35.5. The second-order valence-electron chi connectivity index (χ2n) is 24.2. The standard InChI is InChI=1S/C34H47N3O8.C27H44N2O4.C7H4ClNO4/c1-7-8-9-10-26(20-31(38)30(19-22(2)3)36-32(39)24(6)23(4)5)33(40)35-27-13-11-25(12-14-27)21-44-34(41)45-29-17-15-28(16-18-29)37(42)43;1-7-8-9-10-22(27(33)28-23-13-11-21(17-30)12-14-23)16-25(31)24(15-18(2)3)29-26(32)20(6)19(4)5;8-7(10)13-6-3-1-5(2-4-6)9(11)12/h11-18,22-24,26,30H,7-10,19-21H2,1-6H3,(H,35,40)(H,36,39);11-14,18-20,22,24,30H,7-10,15-17H2,1-6H3,(H,28,33)(H,29,32);1-4H/t24-,26+,30-;20-,22+,24-;/m00./s1. The third-order valence-electron chi connectivity index (χ3n) is 15.1. The number of carbonyl (C=O) groups excluding carboxylic acids is 8. The molecule has 0 saturated heterocycles. The van der Waals surface area contributed by atoms with E-state index in [0.717, 1.165) is 44.1 Å². The lowest BCUT2D eigenvalue weighted by Crippen LogP contribution is -2.45. The summed E-state index contributed by atoms with van der Waals surface area (Å²) in [5.41, 5.74) is 1.41. The summed E-state index contributed by atoms with van der Waals surface area (Å²) in [7, 11) is 0. The van der Waals surface area contributed by atoms with Crippen LogP contribution in [0.3, 0.4) is 0 Å². The number of aliphatic hydroxyl groups is 1. The number of halogens is 1. The normalized spacial score (nSPS) is 12.9. The van der Waals surface area contributed by atoms with E-state index in [1.54, 1.807) is 48.5 Å². The van der Waals surface area contributed by atoms with Gasteiger partial charge in [0.1, 0.15) is 18.1 Å². The second kappa shape index (κ2) is 42.0. The van der Waals surface area contributed by atoms with E-state index >= 15 is 0 Å². The van der Waals surface area contributed by atoms with Gasteiger partial charge < -0.3 is 40.6 Å². The smallest absolute Gasteiger partial charge is 0.429 e. The fraction of sp³-hybridized carbons (Fsp3) is 0.529. The summed E-state index contributed by atoms with van der Waals surface area (Å²) in [6.07, 6.45) is 7.05. The predicted molar refractivity (Wildman–Crippen MR) is 350 cm³/mol. The highest BCUT2D eigenvalue weighted by Gasteiger charge is 2.32. The number of nitro benzene ring substituents is 2. The van der Waals surface area contributed by atoms with Crippen LogP contribution in [0.15, 0.2) is 97.1 Å². The first kappa shape index (κ1) is 79.0. The van der Waals surface area contributed by atoms with Gasteiger partial charge in [0.2, 0.25) is 23.6 Å². The lowest BCUT2D eigenvalue weighted by molar-refractivity contribution is -0.385. The molecule has 0 unspecified atom stereocenters. The van der Waals surface area contributed by atoms with Crippen LogP contribution >= 0.6 is 11.6 Å². The van der Waals surface area contributed by atoms with Crippen molar-refractivity contribution in [2.75, 3.05) is 10.6 Å². The fourth-order valence-corrected chi connectivity index (χ4v) is 8.99. The van der Waals surface area contributed by atoms with E-state index in [0.29, 0.717) is 42.6 Å². The fourth-order valence-electron chi connectivity index (χ4n) is 8.90. The Kier molecular flexibility index (Phi) is 36.5. The summed E-state index contributed by atoms with van der Waals surface area (Å²) in [4.78, 5) is 121. The minimum absolute atomic E-state index is 0.0338. The zero-order valence-electron chi connectivity index (χ0n) is 54.8. The van der Waals surface area contributed by atoms with Crippen molar-refractivity contribution in [1.82, 2.24) is 10.6 Å². The summed E-state index contributed by atoms with van der Waals surface area (Å²) in [5.74, 6) is -1.30. The number of ketones is 2. The van der Waals surface area contributed by atoms with Crippen LogP contribution in [-0.2, 0) is 46.7 Å². The highest BCUT2D eigenvalue weighted by Crippen LogP contribution is 2.25. The van der Waals surface area contributed by atoms with Crippen LogP contribution in [0.5, 0.6) is 11.5 Å². The summed E-state index contributed by atoms with van der Waals surface area (Å²) >= 11 is 4.92. The molecule has 0 bridgehead atoms. The molecule has 0 aliphatic heterocycles. The quantitative estimate of drug-likeness (QED) is 0.00714. The van der Waals surface area contributed by atoms with Crippen molar-refractivity contribution in [1.29, 1.82) is 0 Å². The predicted octanol–water partition coefficient (Wildman–Crippen LogP) is 14.7. The summed E-state index contributed by atoms with van der Waals surface area (Å²) in [6.45, 7) is 23.7. The Bertz CT molecular complexity index is 2940. The molecule has 22 nitrogen and oxygen atoms in total. The van der Waals surface area contributed by atoms with Crippen LogP contribution in [0.25, 0.3) is 0 Å². The number of hydrogen-bond acceptors (Lipinski definition) is 16. The first-order chi connectivity index (χ1) is 43.0. The minimum atomic E-state index is -0.978. The molecule has 0 spiro atoms. The van der Waals surface area contributed by atoms with E-state index in [1.165, 1.54) is 48.5 Å². The van der Waals surface area contributed by atoms with Crippen LogP contribution in [-0.4, -0.2) is 73.8 Å². The van der Waals surface area contributed by atoms with Gasteiger partial charge in [-0.1, -0.05) is 146 Å². The Morgan fingerprint density at radius 2 is 0.868 bits per heavy atom. The molecule has 6 atom stereocenters. The SMILES string of the molecule is CCCCC[C@H](CC(=O)[C@H](CC(C)C)NC(=O)[C@@H](C)C(C)C)C(=O)Nc1ccc(CO)cc1.CCCCC[C@H](CC(=O)[C@H](CC(C)C)NC(=O)[C@@H](C)C(C)C)C(=O)Nc1ccc(COC(=O)Oc2ccc([N+](=O)[O-])cc2)cc1.O=C(Cl)Oc1ccc([N+](=O)[O-])cc1. The van der Waals surface area contributed by atoms with Crippen molar-refractivity contribution in [3.05, 3.63) is 128 Å². The molecule has 0 aliphatic rings. The highest BCUT2D eigenvalue weighted by molar-refractivity contribution is 6.61. The number of rotatable bonds is 35. The molecule has 0 saturated carbocycles. The molecular weight excluding hydrogens is 1190 g/mol. The number of Topliss-reactive ketones (excluding diaryl/α,β-unsaturated/α-hetero) is 2. The minimum Gasteiger partial charge on any atom is -0.429 e. The number of anilines is 2. The van der Waals surface area contributed by atoms with Gasteiger partial charge in [0.25, 0.3) is 11.4 Å². The molecular formula is C68H95ClN6O16. The van der Waals surface area contributed by atoms with Gasteiger partial charge in [-0.15, -0.1) is 0 Å². The molecule has 0 heterocycles. The lowest BCUT2D eigenvalue weighted by atomic mass is 9.89. The number of nitrogens with zero attached hydrogens (tertiary/aromatic N) is 2. The first-order valence-corrected chi connectivity index (χ1v) is 31.6. The average molecular weight is 1290 g/mol.